The fraction of sp³-hybridized carbons (Fsp3) is 0.407. The molecule has 0 radical (unpaired) electrons. The highest BCUT2D eigenvalue weighted by Crippen LogP contribution is 2.32. The molecular formula is C27H36N4O5S. The topological polar surface area (TPSA) is 135 Å². The van der Waals surface area contributed by atoms with Crippen molar-refractivity contribution in [3.63, 3.8) is 0 Å². The Morgan fingerprint density at radius 3 is 2.49 bits per heavy atom. The van der Waals surface area contributed by atoms with Crippen LogP contribution in [0.3, 0.4) is 0 Å². The van der Waals surface area contributed by atoms with Gasteiger partial charge < -0.3 is 20.5 Å². The first-order valence-corrected chi connectivity index (χ1v) is 14.0. The molecule has 0 aromatic heterocycles. The van der Waals surface area contributed by atoms with Crippen LogP contribution in [-0.4, -0.2) is 58.3 Å². The Morgan fingerprint density at radius 1 is 1.19 bits per heavy atom. The molecule has 3 rings (SSSR count). The minimum Gasteiger partial charge on any atom is -0.490 e. The summed E-state index contributed by atoms with van der Waals surface area (Å²) in [5.74, 6) is -0.855. The molecule has 0 spiro atoms. The van der Waals surface area contributed by atoms with Gasteiger partial charge in [0, 0.05) is 5.56 Å². The molecule has 0 saturated carbocycles. The third kappa shape index (κ3) is 7.80. The number of nitrogens with two attached hydrogens (primary N) is 1. The molecule has 1 aliphatic rings. The van der Waals surface area contributed by atoms with Crippen molar-refractivity contribution in [3.05, 3.63) is 64.7 Å². The van der Waals surface area contributed by atoms with Crippen LogP contribution in [0.25, 0.3) is 6.08 Å². The first-order valence-electron chi connectivity index (χ1n) is 12.4. The van der Waals surface area contributed by atoms with Gasteiger partial charge >= 0.3 is 5.97 Å². The molecule has 1 saturated heterocycles. The van der Waals surface area contributed by atoms with E-state index in [0.717, 1.165) is 48.4 Å². The molecule has 37 heavy (non-hydrogen) atoms. The summed E-state index contributed by atoms with van der Waals surface area (Å²) in [7, 11) is -4.04. The van der Waals surface area contributed by atoms with E-state index in [4.69, 9.17) is 20.6 Å². The highest BCUT2D eigenvalue weighted by molar-refractivity contribution is 7.93. The molecule has 0 bridgehead atoms. The van der Waals surface area contributed by atoms with E-state index in [9.17, 15) is 13.2 Å². The maximum atomic E-state index is 13.3. The largest absolute Gasteiger partial charge is 0.490 e. The Kier molecular flexibility index (Phi) is 9.71. The summed E-state index contributed by atoms with van der Waals surface area (Å²) in [5, 5.41) is 10.9. The quantitative estimate of drug-likeness (QED) is 0.232. The van der Waals surface area contributed by atoms with Crippen molar-refractivity contribution in [3.8, 4) is 5.75 Å². The number of ether oxygens (including phenoxy) is 2. The number of carbonyl (C=O) groups is 1. The van der Waals surface area contributed by atoms with Crippen LogP contribution in [0.15, 0.2) is 42.5 Å². The summed E-state index contributed by atoms with van der Waals surface area (Å²) in [6.07, 6.45) is 5.40. The van der Waals surface area contributed by atoms with Crippen LogP contribution < -0.4 is 20.1 Å². The normalized spacial score (nSPS) is 14.5. The number of piperidine rings is 1. The van der Waals surface area contributed by atoms with Crippen molar-refractivity contribution >= 4 is 33.6 Å². The Labute approximate surface area is 219 Å². The first kappa shape index (κ1) is 28.2. The lowest BCUT2D eigenvalue weighted by Crippen LogP contribution is -2.36. The standard InChI is InChI=1S/C27H36N4O5S/c1-4-35-25(32)18-37(33,34)31(14-6-8-21-7-5-9-22(17-21)27(28)29)23-15-19(2)26(20(3)16-23)36-24-10-12-30-13-11-24/h5-9,15-17,24,30H,4,10-14,18H2,1-3H3,(H3,28,29)/b8-6+. The lowest BCUT2D eigenvalue weighted by atomic mass is 10.1. The third-order valence-corrected chi connectivity index (χ3v) is 7.66. The molecule has 1 fully saturated rings. The van der Waals surface area contributed by atoms with Crippen molar-refractivity contribution in [1.29, 1.82) is 5.41 Å². The van der Waals surface area contributed by atoms with Gasteiger partial charge in [-0.1, -0.05) is 30.4 Å². The van der Waals surface area contributed by atoms with Gasteiger partial charge in [0.05, 0.1) is 18.8 Å². The van der Waals surface area contributed by atoms with Gasteiger partial charge in [0.1, 0.15) is 17.7 Å². The van der Waals surface area contributed by atoms with Crippen molar-refractivity contribution in [2.75, 3.05) is 36.3 Å². The van der Waals surface area contributed by atoms with E-state index in [1.165, 1.54) is 4.31 Å². The molecular weight excluding hydrogens is 492 g/mol. The smallest absolute Gasteiger partial charge is 0.323 e. The van der Waals surface area contributed by atoms with Crippen LogP contribution >= 0.6 is 0 Å². The molecule has 1 heterocycles. The minimum absolute atomic E-state index is 0.000580. The molecule has 10 heteroatoms. The van der Waals surface area contributed by atoms with Gasteiger partial charge in [-0.15, -0.1) is 0 Å². The van der Waals surface area contributed by atoms with Crippen LogP contribution in [-0.2, 0) is 19.6 Å². The van der Waals surface area contributed by atoms with Crippen molar-refractivity contribution in [2.45, 2.75) is 39.7 Å². The maximum absolute atomic E-state index is 13.3. The number of esters is 1. The number of carbonyl (C=O) groups excluding carboxylic acids is 1. The van der Waals surface area contributed by atoms with Crippen LogP contribution in [0.4, 0.5) is 5.69 Å². The molecule has 0 aliphatic carbocycles. The molecule has 0 amide bonds. The van der Waals surface area contributed by atoms with E-state index >= 15 is 0 Å². The summed E-state index contributed by atoms with van der Waals surface area (Å²) in [6.45, 7) is 7.33. The summed E-state index contributed by atoms with van der Waals surface area (Å²) in [4.78, 5) is 12.1. The maximum Gasteiger partial charge on any atom is 0.323 e. The highest BCUT2D eigenvalue weighted by Gasteiger charge is 2.27. The molecule has 2 aromatic carbocycles. The van der Waals surface area contributed by atoms with Crippen molar-refractivity contribution in [1.82, 2.24) is 5.32 Å². The third-order valence-electron chi connectivity index (χ3n) is 6.02. The predicted molar refractivity (Wildman–Crippen MR) is 147 cm³/mol. The van der Waals surface area contributed by atoms with Gasteiger partial charge in [-0.2, -0.15) is 0 Å². The van der Waals surface area contributed by atoms with Gasteiger partial charge in [0.2, 0.25) is 10.0 Å². The average Bonchev–Trinajstić information content (AvgIpc) is 2.84. The fourth-order valence-electron chi connectivity index (χ4n) is 4.24. The number of benzene rings is 2. The number of rotatable bonds is 11. The minimum atomic E-state index is -4.04. The van der Waals surface area contributed by atoms with E-state index in [-0.39, 0.29) is 25.1 Å². The second-order valence-corrected chi connectivity index (χ2v) is 10.9. The lowest BCUT2D eigenvalue weighted by Gasteiger charge is -2.28. The second-order valence-electron chi connectivity index (χ2n) is 9.01. The van der Waals surface area contributed by atoms with E-state index < -0.39 is 21.7 Å². The number of aryl methyl sites for hydroxylation is 2. The molecule has 1 aliphatic heterocycles. The molecule has 4 N–H and O–H groups in total. The summed E-state index contributed by atoms with van der Waals surface area (Å²) in [6, 6.07) is 10.6. The van der Waals surface area contributed by atoms with Gasteiger partial charge in [-0.3, -0.25) is 14.5 Å². The van der Waals surface area contributed by atoms with E-state index in [2.05, 4.69) is 5.32 Å². The van der Waals surface area contributed by atoms with Gasteiger partial charge in [-0.05, 0) is 81.6 Å². The number of anilines is 1. The predicted octanol–water partition coefficient (Wildman–Crippen LogP) is 3.13. The number of nitrogen functional groups attached to an aromatic ring is 1. The highest BCUT2D eigenvalue weighted by atomic mass is 32.2. The zero-order valence-electron chi connectivity index (χ0n) is 21.6. The number of amidine groups is 1. The molecule has 0 atom stereocenters. The SMILES string of the molecule is CCOC(=O)CS(=O)(=O)N(C/C=C/c1cccc(C(=N)N)c1)c1cc(C)c(OC2CCNCC2)c(C)c1. The first-order chi connectivity index (χ1) is 17.6. The van der Waals surface area contributed by atoms with Crippen LogP contribution in [0.5, 0.6) is 5.75 Å². The van der Waals surface area contributed by atoms with Gasteiger partial charge in [0.25, 0.3) is 0 Å². The lowest BCUT2D eigenvalue weighted by molar-refractivity contribution is -0.139. The van der Waals surface area contributed by atoms with Crippen LogP contribution in [0, 0.1) is 19.3 Å². The van der Waals surface area contributed by atoms with Gasteiger partial charge in [0.15, 0.2) is 5.75 Å². The van der Waals surface area contributed by atoms with Gasteiger partial charge in [-0.25, -0.2) is 8.42 Å². The summed E-state index contributed by atoms with van der Waals surface area (Å²) in [5.41, 5.74) is 9.01. The van der Waals surface area contributed by atoms with Crippen molar-refractivity contribution < 1.29 is 22.7 Å². The molecule has 9 nitrogen and oxygen atoms in total. The zero-order chi connectivity index (χ0) is 27.0. The van der Waals surface area contributed by atoms with E-state index in [1.807, 2.05) is 19.9 Å². The van der Waals surface area contributed by atoms with E-state index in [0.29, 0.717) is 11.3 Å². The molecule has 0 unspecified atom stereocenters. The molecule has 2 aromatic rings. The number of sulfonamides is 1. The number of hydrogen-bond donors (Lipinski definition) is 3. The van der Waals surface area contributed by atoms with E-state index in [1.54, 1.807) is 49.4 Å². The second kappa shape index (κ2) is 12.7. The fourth-order valence-corrected chi connectivity index (χ4v) is 5.52. The number of hydrogen-bond acceptors (Lipinski definition) is 7. The number of nitrogens with one attached hydrogen (secondary N) is 2. The van der Waals surface area contributed by atoms with Crippen molar-refractivity contribution in [2.24, 2.45) is 5.73 Å². The Balaban J connectivity index is 1.91. The monoisotopic (exact) mass is 528 g/mol. The van der Waals surface area contributed by atoms with Crippen LogP contribution in [0.1, 0.15) is 42.0 Å². The Bertz CT molecular complexity index is 1230. The zero-order valence-corrected chi connectivity index (χ0v) is 22.4. The number of nitrogens with zero attached hydrogens (tertiary/aromatic N) is 1. The summed E-state index contributed by atoms with van der Waals surface area (Å²) >= 11 is 0. The Hall–Kier alpha value is -3.37. The molecule has 200 valence electrons. The Morgan fingerprint density at radius 2 is 1.86 bits per heavy atom. The van der Waals surface area contributed by atoms with Crippen LogP contribution in [0.2, 0.25) is 0 Å². The average molecular weight is 529 g/mol. The summed E-state index contributed by atoms with van der Waals surface area (Å²) < 4.78 is 39.1.